The zero-order valence-corrected chi connectivity index (χ0v) is 19.9. The van der Waals surface area contributed by atoms with E-state index in [1.165, 1.54) is 24.3 Å². The summed E-state index contributed by atoms with van der Waals surface area (Å²) in [5, 5.41) is 14.0. The van der Waals surface area contributed by atoms with E-state index in [2.05, 4.69) is 5.32 Å². The summed E-state index contributed by atoms with van der Waals surface area (Å²) in [5.41, 5.74) is 2.22. The molecule has 1 amide bonds. The quantitative estimate of drug-likeness (QED) is 0.213. The molecule has 9 nitrogen and oxygen atoms in total. The first-order valence-corrected chi connectivity index (χ1v) is 11.0. The van der Waals surface area contributed by atoms with Crippen molar-refractivity contribution in [2.75, 3.05) is 12.4 Å². The highest BCUT2D eigenvalue weighted by molar-refractivity contribution is 6.02. The van der Waals surface area contributed by atoms with Gasteiger partial charge in [0.1, 0.15) is 35.4 Å². The van der Waals surface area contributed by atoms with Crippen LogP contribution < -0.4 is 19.5 Å². The summed E-state index contributed by atoms with van der Waals surface area (Å²) in [6.45, 7) is 4.16. The van der Waals surface area contributed by atoms with Gasteiger partial charge in [-0.2, -0.15) is 0 Å². The maximum Gasteiger partial charge on any atom is 0.291 e. The molecule has 0 radical (unpaired) electrons. The fraction of sp³-hybridized carbons (Fsp3) is 0.148. The van der Waals surface area contributed by atoms with Gasteiger partial charge < -0.3 is 23.9 Å². The van der Waals surface area contributed by atoms with E-state index in [-0.39, 0.29) is 29.5 Å². The smallest absolute Gasteiger partial charge is 0.291 e. The standard InChI is InChI=1S/C27H24N2O7/c1-17-4-5-23(12-18(17)2)34-16-24-10-11-26(36-24)27(30)28-19-13-20(29(31)32)15-25(14-19)35-22-8-6-21(33-3)7-9-22/h4-15H,16H2,1-3H3,(H,28,30). The summed E-state index contributed by atoms with van der Waals surface area (Å²) in [6.07, 6.45) is 0. The second kappa shape index (κ2) is 10.6. The second-order valence-electron chi connectivity index (χ2n) is 8.01. The summed E-state index contributed by atoms with van der Waals surface area (Å²) in [7, 11) is 1.55. The van der Waals surface area contributed by atoms with Crippen molar-refractivity contribution in [3.63, 3.8) is 0 Å². The lowest BCUT2D eigenvalue weighted by molar-refractivity contribution is -0.384. The number of anilines is 1. The molecule has 0 aliphatic rings. The van der Waals surface area contributed by atoms with E-state index in [4.69, 9.17) is 18.6 Å². The number of rotatable bonds is 9. The van der Waals surface area contributed by atoms with Crippen LogP contribution in [0.15, 0.2) is 77.2 Å². The van der Waals surface area contributed by atoms with Gasteiger partial charge >= 0.3 is 0 Å². The number of carbonyl (C=O) groups is 1. The first-order valence-electron chi connectivity index (χ1n) is 11.0. The number of aryl methyl sites for hydroxylation is 2. The molecule has 184 valence electrons. The van der Waals surface area contributed by atoms with Gasteiger partial charge in [0.2, 0.25) is 0 Å². The number of carbonyl (C=O) groups excluding carboxylic acids is 1. The molecule has 0 aliphatic heterocycles. The summed E-state index contributed by atoms with van der Waals surface area (Å²) >= 11 is 0. The Morgan fingerprint density at radius 1 is 0.889 bits per heavy atom. The van der Waals surface area contributed by atoms with Crippen molar-refractivity contribution in [1.82, 2.24) is 0 Å². The number of hydrogen-bond donors (Lipinski definition) is 1. The molecule has 0 spiro atoms. The number of ether oxygens (including phenoxy) is 3. The summed E-state index contributed by atoms with van der Waals surface area (Å²) in [5.74, 6) is 1.91. The van der Waals surface area contributed by atoms with Crippen LogP contribution in [0.1, 0.15) is 27.4 Å². The minimum Gasteiger partial charge on any atom is -0.497 e. The number of hydrogen-bond acceptors (Lipinski definition) is 7. The first kappa shape index (κ1) is 24.3. The maximum absolute atomic E-state index is 12.7. The highest BCUT2D eigenvalue weighted by Gasteiger charge is 2.16. The Balaban J connectivity index is 1.45. The molecule has 3 aromatic carbocycles. The number of nitrogens with zero attached hydrogens (tertiary/aromatic N) is 1. The Labute approximate surface area is 207 Å². The SMILES string of the molecule is COc1ccc(Oc2cc(NC(=O)c3ccc(COc4ccc(C)c(C)c4)o3)cc([N+](=O)[O-])c2)cc1. The number of benzene rings is 3. The van der Waals surface area contributed by atoms with Gasteiger partial charge in [-0.1, -0.05) is 6.07 Å². The van der Waals surface area contributed by atoms with Crippen LogP contribution in [0.5, 0.6) is 23.0 Å². The summed E-state index contributed by atoms with van der Waals surface area (Å²) in [4.78, 5) is 23.6. The van der Waals surface area contributed by atoms with Crippen molar-refractivity contribution in [2.24, 2.45) is 0 Å². The zero-order chi connectivity index (χ0) is 25.7. The van der Waals surface area contributed by atoms with Crippen LogP contribution in [0.2, 0.25) is 0 Å². The van der Waals surface area contributed by atoms with Gasteiger partial charge in [0.25, 0.3) is 11.6 Å². The van der Waals surface area contributed by atoms with E-state index in [1.54, 1.807) is 37.4 Å². The van der Waals surface area contributed by atoms with Crippen molar-refractivity contribution in [2.45, 2.75) is 20.5 Å². The molecule has 0 bridgehead atoms. The normalized spacial score (nSPS) is 10.5. The van der Waals surface area contributed by atoms with Crippen molar-refractivity contribution in [3.8, 4) is 23.0 Å². The monoisotopic (exact) mass is 488 g/mol. The number of furan rings is 1. The second-order valence-corrected chi connectivity index (χ2v) is 8.01. The number of nitrogens with one attached hydrogen (secondary N) is 1. The van der Waals surface area contributed by atoms with Gasteiger partial charge in [0.05, 0.1) is 23.8 Å². The van der Waals surface area contributed by atoms with Crippen LogP contribution in [0, 0.1) is 24.0 Å². The lowest BCUT2D eigenvalue weighted by atomic mass is 10.1. The van der Waals surface area contributed by atoms with E-state index in [9.17, 15) is 14.9 Å². The molecule has 0 saturated heterocycles. The first-order chi connectivity index (χ1) is 17.3. The van der Waals surface area contributed by atoms with E-state index < -0.39 is 10.8 Å². The Kier molecular flexibility index (Phi) is 7.20. The van der Waals surface area contributed by atoms with Crippen LogP contribution in [-0.2, 0) is 6.61 Å². The lowest BCUT2D eigenvalue weighted by Crippen LogP contribution is -2.11. The lowest BCUT2D eigenvalue weighted by Gasteiger charge is -2.09. The van der Waals surface area contributed by atoms with Gasteiger partial charge in [-0.05, 0) is 73.5 Å². The van der Waals surface area contributed by atoms with Crippen LogP contribution in [0.3, 0.4) is 0 Å². The zero-order valence-electron chi connectivity index (χ0n) is 19.9. The topological polar surface area (TPSA) is 113 Å². The van der Waals surface area contributed by atoms with Crippen LogP contribution in [-0.4, -0.2) is 17.9 Å². The van der Waals surface area contributed by atoms with Crippen molar-refractivity contribution in [1.29, 1.82) is 0 Å². The molecule has 0 fully saturated rings. The Bertz CT molecular complexity index is 1390. The van der Waals surface area contributed by atoms with Crippen LogP contribution in [0.25, 0.3) is 0 Å². The fourth-order valence-electron chi connectivity index (χ4n) is 3.33. The number of non-ortho nitro benzene ring substituents is 1. The average molecular weight is 488 g/mol. The third kappa shape index (κ3) is 6.01. The van der Waals surface area contributed by atoms with Gasteiger partial charge in [-0.3, -0.25) is 14.9 Å². The largest absolute Gasteiger partial charge is 0.497 e. The van der Waals surface area contributed by atoms with Crippen LogP contribution in [0.4, 0.5) is 11.4 Å². The van der Waals surface area contributed by atoms with E-state index >= 15 is 0 Å². The van der Waals surface area contributed by atoms with Crippen molar-refractivity contribution >= 4 is 17.3 Å². The molecular weight excluding hydrogens is 464 g/mol. The highest BCUT2D eigenvalue weighted by Crippen LogP contribution is 2.31. The molecule has 0 unspecified atom stereocenters. The van der Waals surface area contributed by atoms with E-state index in [0.29, 0.717) is 23.0 Å². The molecule has 0 atom stereocenters. The molecule has 0 saturated carbocycles. The summed E-state index contributed by atoms with van der Waals surface area (Å²) in [6, 6.07) is 19.7. The molecule has 36 heavy (non-hydrogen) atoms. The maximum atomic E-state index is 12.7. The highest BCUT2D eigenvalue weighted by atomic mass is 16.6. The van der Waals surface area contributed by atoms with Crippen LogP contribution >= 0.6 is 0 Å². The molecule has 1 heterocycles. The molecular formula is C27H24N2O7. The molecule has 1 N–H and O–H groups in total. The Hall–Kier alpha value is -4.79. The van der Waals surface area contributed by atoms with Crippen molar-refractivity contribution < 1.29 is 28.3 Å². The van der Waals surface area contributed by atoms with E-state index in [1.807, 2.05) is 32.0 Å². The number of amides is 1. The predicted molar refractivity (Wildman–Crippen MR) is 133 cm³/mol. The fourth-order valence-corrected chi connectivity index (χ4v) is 3.33. The molecule has 1 aromatic heterocycles. The molecule has 4 aromatic rings. The third-order valence-corrected chi connectivity index (χ3v) is 5.40. The van der Waals surface area contributed by atoms with Gasteiger partial charge in [-0.15, -0.1) is 0 Å². The average Bonchev–Trinajstić information content (AvgIpc) is 3.34. The van der Waals surface area contributed by atoms with Gasteiger partial charge in [-0.25, -0.2) is 0 Å². The molecule has 4 rings (SSSR count). The minimum atomic E-state index is -0.566. The van der Waals surface area contributed by atoms with Gasteiger partial charge in [0, 0.05) is 12.1 Å². The van der Waals surface area contributed by atoms with Gasteiger partial charge in [0.15, 0.2) is 5.76 Å². The Morgan fingerprint density at radius 2 is 1.61 bits per heavy atom. The number of nitro benzene ring substituents is 1. The summed E-state index contributed by atoms with van der Waals surface area (Å²) < 4.78 is 22.2. The minimum absolute atomic E-state index is 0.0396. The van der Waals surface area contributed by atoms with E-state index in [0.717, 1.165) is 11.1 Å². The third-order valence-electron chi connectivity index (χ3n) is 5.40. The molecule has 0 aliphatic carbocycles. The number of nitro groups is 1. The van der Waals surface area contributed by atoms with Crippen molar-refractivity contribution in [3.05, 3.63) is 106 Å². The molecule has 9 heteroatoms. The number of methoxy groups -OCH3 is 1. The predicted octanol–water partition coefficient (Wildman–Crippen LogP) is 6.44. The Morgan fingerprint density at radius 3 is 2.31 bits per heavy atom.